The van der Waals surface area contributed by atoms with E-state index in [4.69, 9.17) is 23.2 Å². The number of rotatable bonds is 3. The summed E-state index contributed by atoms with van der Waals surface area (Å²) in [4.78, 5) is 28.4. The fourth-order valence-corrected chi connectivity index (χ4v) is 3.01. The van der Waals surface area contributed by atoms with Crippen molar-refractivity contribution in [3.8, 4) is 0 Å². The summed E-state index contributed by atoms with van der Waals surface area (Å²) in [6.07, 6.45) is 0.420. The summed E-state index contributed by atoms with van der Waals surface area (Å²) in [7, 11) is 2.93. The number of fused-ring (bicyclic) bond motifs is 1. The Morgan fingerprint density at radius 2 is 1.92 bits per heavy atom. The minimum Gasteiger partial charge on any atom is -0.386 e. The molecule has 126 valence electrons. The Kier molecular flexibility index (Phi) is 4.25. The summed E-state index contributed by atoms with van der Waals surface area (Å²) < 4.78 is 3.78. The van der Waals surface area contributed by atoms with Gasteiger partial charge in [-0.05, 0) is 18.2 Å². The van der Waals surface area contributed by atoms with Gasteiger partial charge < -0.3 is 9.67 Å². The third kappa shape index (κ3) is 2.64. The first-order valence-corrected chi connectivity index (χ1v) is 7.80. The van der Waals surface area contributed by atoms with Crippen LogP contribution in [0.3, 0.4) is 0 Å². The van der Waals surface area contributed by atoms with Gasteiger partial charge in [-0.3, -0.25) is 13.9 Å². The summed E-state index contributed by atoms with van der Waals surface area (Å²) >= 11 is 12.0. The number of aromatic nitrogens is 4. The molecule has 9 heteroatoms. The van der Waals surface area contributed by atoms with Crippen molar-refractivity contribution in [3.05, 3.63) is 61.0 Å². The zero-order chi connectivity index (χ0) is 17.6. The van der Waals surface area contributed by atoms with Crippen LogP contribution in [0.2, 0.25) is 10.0 Å². The van der Waals surface area contributed by atoms with E-state index in [9.17, 15) is 14.7 Å². The second-order valence-corrected chi connectivity index (χ2v) is 6.30. The van der Waals surface area contributed by atoms with E-state index in [-0.39, 0.29) is 17.7 Å². The first-order valence-electron chi connectivity index (χ1n) is 7.05. The van der Waals surface area contributed by atoms with Gasteiger partial charge in [0.15, 0.2) is 11.2 Å². The summed E-state index contributed by atoms with van der Waals surface area (Å²) in [5.74, 6) is 0. The molecule has 0 bridgehead atoms. The number of nitrogens with zero attached hydrogens (tertiary/aromatic N) is 4. The molecule has 1 unspecified atom stereocenters. The van der Waals surface area contributed by atoms with Gasteiger partial charge in [0.25, 0.3) is 5.56 Å². The van der Waals surface area contributed by atoms with Gasteiger partial charge in [0, 0.05) is 29.7 Å². The Bertz CT molecular complexity index is 1050. The van der Waals surface area contributed by atoms with Crippen molar-refractivity contribution in [2.24, 2.45) is 14.1 Å². The quantitative estimate of drug-likeness (QED) is 0.758. The fraction of sp³-hybridized carbons (Fsp3) is 0.267. The van der Waals surface area contributed by atoms with E-state index in [0.29, 0.717) is 15.6 Å². The van der Waals surface area contributed by atoms with Crippen LogP contribution in [0.5, 0.6) is 0 Å². The first kappa shape index (κ1) is 16.8. The van der Waals surface area contributed by atoms with E-state index in [1.807, 2.05) is 0 Å². The molecule has 7 nitrogen and oxygen atoms in total. The second kappa shape index (κ2) is 6.08. The van der Waals surface area contributed by atoms with Crippen molar-refractivity contribution >= 4 is 34.4 Å². The van der Waals surface area contributed by atoms with Gasteiger partial charge in [0.1, 0.15) is 0 Å². The number of aryl methyl sites for hydroxylation is 1. The summed E-state index contributed by atoms with van der Waals surface area (Å²) in [6.45, 7) is 0.0456. The predicted molar refractivity (Wildman–Crippen MR) is 91.6 cm³/mol. The third-order valence-electron chi connectivity index (χ3n) is 3.90. The largest absolute Gasteiger partial charge is 0.386 e. The number of benzene rings is 1. The van der Waals surface area contributed by atoms with Gasteiger partial charge in [-0.25, -0.2) is 9.78 Å². The highest BCUT2D eigenvalue weighted by Gasteiger charge is 2.18. The Balaban J connectivity index is 2.10. The van der Waals surface area contributed by atoms with E-state index >= 15 is 0 Å². The highest BCUT2D eigenvalue weighted by atomic mass is 35.5. The first-order chi connectivity index (χ1) is 11.3. The average Bonchev–Trinajstić information content (AvgIpc) is 2.96. The lowest BCUT2D eigenvalue weighted by atomic mass is 10.1. The zero-order valence-corrected chi connectivity index (χ0v) is 14.4. The van der Waals surface area contributed by atoms with E-state index in [1.54, 1.807) is 18.2 Å². The topological polar surface area (TPSA) is 82.0 Å². The van der Waals surface area contributed by atoms with Gasteiger partial charge in [-0.1, -0.05) is 23.2 Å². The molecule has 0 amide bonds. The number of hydrogen-bond donors (Lipinski definition) is 1. The van der Waals surface area contributed by atoms with Crippen LogP contribution in [0.15, 0.2) is 34.1 Å². The highest BCUT2D eigenvalue weighted by Crippen LogP contribution is 2.27. The van der Waals surface area contributed by atoms with Crippen LogP contribution in [-0.4, -0.2) is 23.8 Å². The molecular weight excluding hydrogens is 355 g/mol. The molecule has 24 heavy (non-hydrogen) atoms. The number of imidazole rings is 1. The normalized spacial score (nSPS) is 12.7. The third-order valence-corrected chi connectivity index (χ3v) is 4.48. The number of hydrogen-bond acceptors (Lipinski definition) is 4. The van der Waals surface area contributed by atoms with Crippen molar-refractivity contribution in [1.29, 1.82) is 0 Å². The van der Waals surface area contributed by atoms with Crippen LogP contribution >= 0.6 is 23.2 Å². The molecular formula is C15H14Cl2N4O3. The second-order valence-electron chi connectivity index (χ2n) is 5.46. The minimum atomic E-state index is -0.990. The van der Waals surface area contributed by atoms with Crippen LogP contribution in [0.4, 0.5) is 0 Å². The lowest BCUT2D eigenvalue weighted by Crippen LogP contribution is -2.37. The molecule has 0 aliphatic carbocycles. The maximum absolute atomic E-state index is 12.4. The average molecular weight is 369 g/mol. The Morgan fingerprint density at radius 3 is 2.62 bits per heavy atom. The van der Waals surface area contributed by atoms with E-state index in [1.165, 1.54) is 29.6 Å². The lowest BCUT2D eigenvalue weighted by molar-refractivity contribution is 0.158. The molecule has 0 aliphatic heterocycles. The fourth-order valence-electron chi connectivity index (χ4n) is 2.59. The molecule has 1 N–H and O–H groups in total. The van der Waals surface area contributed by atoms with Gasteiger partial charge in [0.2, 0.25) is 0 Å². The molecule has 0 saturated carbocycles. The lowest BCUT2D eigenvalue weighted by Gasteiger charge is -2.14. The van der Waals surface area contributed by atoms with Crippen LogP contribution in [-0.2, 0) is 20.6 Å². The van der Waals surface area contributed by atoms with Crippen molar-refractivity contribution < 1.29 is 5.11 Å². The molecule has 0 aliphatic rings. The Morgan fingerprint density at radius 1 is 1.21 bits per heavy atom. The number of aliphatic hydroxyl groups is 1. The molecule has 0 fully saturated rings. The smallest absolute Gasteiger partial charge is 0.332 e. The Hall–Kier alpha value is -2.09. The minimum absolute atomic E-state index is 0.0456. The maximum atomic E-state index is 12.4. The zero-order valence-electron chi connectivity index (χ0n) is 12.9. The Labute approximate surface area is 146 Å². The summed E-state index contributed by atoms with van der Waals surface area (Å²) in [5.41, 5.74) is 0.00290. The number of halogens is 2. The monoisotopic (exact) mass is 368 g/mol. The molecule has 3 rings (SSSR count). The molecule has 1 atom stereocenters. The van der Waals surface area contributed by atoms with Crippen LogP contribution in [0.1, 0.15) is 11.7 Å². The summed E-state index contributed by atoms with van der Waals surface area (Å²) in [6, 6.07) is 4.79. The van der Waals surface area contributed by atoms with Gasteiger partial charge in [-0.2, -0.15) is 0 Å². The molecule has 0 spiro atoms. The summed E-state index contributed by atoms with van der Waals surface area (Å²) in [5, 5.41) is 11.3. The van der Waals surface area contributed by atoms with Gasteiger partial charge in [0.05, 0.1) is 19.0 Å². The van der Waals surface area contributed by atoms with Crippen molar-refractivity contribution in [2.75, 3.05) is 0 Å². The predicted octanol–water partition coefficient (Wildman–Crippen LogP) is 1.47. The van der Waals surface area contributed by atoms with Crippen molar-refractivity contribution in [3.63, 3.8) is 0 Å². The highest BCUT2D eigenvalue weighted by molar-refractivity contribution is 6.33. The van der Waals surface area contributed by atoms with Crippen LogP contribution in [0, 0.1) is 0 Å². The molecule has 0 saturated heterocycles. The molecule has 1 aromatic carbocycles. The number of aliphatic hydroxyl groups excluding tert-OH is 1. The van der Waals surface area contributed by atoms with Crippen LogP contribution in [0.25, 0.3) is 11.2 Å². The molecule has 2 aromatic heterocycles. The maximum Gasteiger partial charge on any atom is 0.332 e. The van der Waals surface area contributed by atoms with E-state index in [2.05, 4.69) is 4.98 Å². The molecule has 3 aromatic rings. The standard InChI is InChI=1S/C15H14Cl2N4O3/c1-19-13-12(14(23)20(2)15(19)24)21(7-18-13)6-11(22)9-5-8(16)3-4-10(9)17/h3-5,7,11,22H,6H2,1-2H3. The van der Waals surface area contributed by atoms with Gasteiger partial charge in [-0.15, -0.1) is 0 Å². The van der Waals surface area contributed by atoms with Crippen molar-refractivity contribution in [1.82, 2.24) is 18.7 Å². The molecule has 0 radical (unpaired) electrons. The SMILES string of the molecule is Cn1c(=O)c2c(ncn2CC(O)c2cc(Cl)ccc2Cl)n(C)c1=O. The van der Waals surface area contributed by atoms with Crippen LogP contribution < -0.4 is 11.2 Å². The van der Waals surface area contributed by atoms with E-state index in [0.717, 1.165) is 4.57 Å². The van der Waals surface area contributed by atoms with Gasteiger partial charge >= 0.3 is 5.69 Å². The van der Waals surface area contributed by atoms with E-state index < -0.39 is 17.4 Å². The molecule has 2 heterocycles. The van der Waals surface area contributed by atoms with Crippen molar-refractivity contribution in [2.45, 2.75) is 12.6 Å².